The van der Waals surface area contributed by atoms with Crippen LogP contribution in [0.5, 0.6) is 0 Å². The summed E-state index contributed by atoms with van der Waals surface area (Å²) >= 11 is 0. The Bertz CT molecular complexity index is 1440. The Balaban J connectivity index is 4.22. The van der Waals surface area contributed by atoms with Crippen molar-refractivity contribution in [2.75, 3.05) is 13.2 Å². The van der Waals surface area contributed by atoms with Crippen molar-refractivity contribution in [2.24, 2.45) is 0 Å². The second kappa shape index (κ2) is 57.6. The summed E-state index contributed by atoms with van der Waals surface area (Å²) in [5.41, 5.74) is 0. The molecule has 0 N–H and O–H groups in total. The predicted molar refractivity (Wildman–Crippen MR) is 302 cm³/mol. The van der Waals surface area contributed by atoms with Gasteiger partial charge in [0.05, 0.1) is 0 Å². The molecule has 0 aromatic heterocycles. The minimum Gasteiger partial charge on any atom is -0.462 e. The van der Waals surface area contributed by atoms with E-state index in [1.54, 1.807) is 0 Å². The number of hydrogen-bond acceptors (Lipinski definition) is 6. The fraction of sp³-hybridized carbons (Fsp3) is 0.672. The van der Waals surface area contributed by atoms with Crippen LogP contribution in [0.2, 0.25) is 0 Å². The smallest absolute Gasteiger partial charge is 0.306 e. The summed E-state index contributed by atoms with van der Waals surface area (Å²) in [6.45, 7) is 6.45. The number of carbonyl (C=O) groups excluding carboxylic acids is 3. The van der Waals surface area contributed by atoms with E-state index in [0.717, 1.165) is 135 Å². The lowest BCUT2D eigenvalue weighted by molar-refractivity contribution is -0.167. The number of carbonyl (C=O) groups is 3. The topological polar surface area (TPSA) is 78.9 Å². The van der Waals surface area contributed by atoms with Gasteiger partial charge in [-0.3, -0.25) is 14.4 Å². The van der Waals surface area contributed by atoms with E-state index in [0.29, 0.717) is 19.3 Å². The Morgan fingerprint density at radius 2 is 0.571 bits per heavy atom. The Morgan fingerprint density at radius 1 is 0.300 bits per heavy atom. The van der Waals surface area contributed by atoms with Gasteiger partial charge in [-0.1, -0.05) is 246 Å². The molecule has 398 valence electrons. The molecule has 0 fully saturated rings. The molecule has 0 radical (unpaired) electrons. The first-order valence-electron chi connectivity index (χ1n) is 28.9. The van der Waals surface area contributed by atoms with Crippen LogP contribution in [-0.4, -0.2) is 37.2 Å². The monoisotopic (exact) mass is 971 g/mol. The van der Waals surface area contributed by atoms with E-state index in [2.05, 4.69) is 130 Å². The second-order valence-corrected chi connectivity index (χ2v) is 18.8. The highest BCUT2D eigenvalue weighted by molar-refractivity contribution is 5.71. The van der Waals surface area contributed by atoms with E-state index in [1.165, 1.54) is 83.5 Å². The van der Waals surface area contributed by atoms with Gasteiger partial charge in [0.15, 0.2) is 6.10 Å². The molecular formula is C64H106O6. The summed E-state index contributed by atoms with van der Waals surface area (Å²) < 4.78 is 16.8. The third-order valence-corrected chi connectivity index (χ3v) is 12.0. The third-order valence-electron chi connectivity index (χ3n) is 12.0. The first kappa shape index (κ1) is 66.1. The quantitative estimate of drug-likeness (QED) is 0.0262. The molecule has 70 heavy (non-hydrogen) atoms. The molecule has 0 spiro atoms. The number of esters is 3. The van der Waals surface area contributed by atoms with Crippen LogP contribution in [-0.2, 0) is 28.6 Å². The van der Waals surface area contributed by atoms with Crippen molar-refractivity contribution in [3.63, 3.8) is 0 Å². The van der Waals surface area contributed by atoms with Gasteiger partial charge in [0, 0.05) is 19.3 Å². The Hall–Kier alpha value is -3.93. The average molecular weight is 972 g/mol. The fourth-order valence-electron chi connectivity index (χ4n) is 7.67. The molecule has 0 saturated heterocycles. The van der Waals surface area contributed by atoms with E-state index >= 15 is 0 Å². The molecule has 1 atom stereocenters. The lowest BCUT2D eigenvalue weighted by Gasteiger charge is -2.18. The van der Waals surface area contributed by atoms with Crippen LogP contribution in [0.3, 0.4) is 0 Å². The molecule has 0 aromatic carbocycles. The zero-order valence-electron chi connectivity index (χ0n) is 45.5. The minimum absolute atomic E-state index is 0.0850. The van der Waals surface area contributed by atoms with Crippen molar-refractivity contribution in [2.45, 2.75) is 264 Å². The van der Waals surface area contributed by atoms with Gasteiger partial charge < -0.3 is 14.2 Å². The average Bonchev–Trinajstić information content (AvgIpc) is 3.36. The van der Waals surface area contributed by atoms with Gasteiger partial charge in [-0.15, -0.1) is 0 Å². The zero-order chi connectivity index (χ0) is 50.7. The number of allylic oxidation sites excluding steroid dienone is 18. The Labute approximate surface area is 431 Å². The van der Waals surface area contributed by atoms with Crippen LogP contribution in [0, 0.1) is 0 Å². The standard InChI is InChI=1S/C64H106O6/c1-4-7-10-13-16-19-22-23-24-25-26-27-28-29-30-31-32-33-34-35-36-37-38-39-40-41-43-45-48-51-54-57-63(66)69-60-61(59-68-62(65)56-53-50-47-44-21-18-15-12-9-6-3)70-64(67)58-55-52-49-46-42-20-17-14-11-8-5-2/h7,10,14,16-17,19,23-24,26-27,29-30,32-33,35-36,38-39,61H,4-6,8-9,11-13,15,18,20-22,25,28,31,34,37,40-60H2,1-3H3/b10-7-,17-14-,19-16-,24-23-,27-26-,30-29-,33-32-,36-35-,39-38-. The maximum Gasteiger partial charge on any atom is 0.306 e. The van der Waals surface area contributed by atoms with Crippen LogP contribution in [0.15, 0.2) is 109 Å². The number of rotatable bonds is 51. The van der Waals surface area contributed by atoms with Crippen molar-refractivity contribution in [3.8, 4) is 0 Å². The number of ether oxygens (including phenoxy) is 3. The molecule has 0 aliphatic heterocycles. The van der Waals surface area contributed by atoms with Gasteiger partial charge in [-0.25, -0.2) is 0 Å². The first-order valence-corrected chi connectivity index (χ1v) is 28.9. The van der Waals surface area contributed by atoms with Gasteiger partial charge in [0.25, 0.3) is 0 Å². The second-order valence-electron chi connectivity index (χ2n) is 18.8. The van der Waals surface area contributed by atoms with Crippen LogP contribution in [0.4, 0.5) is 0 Å². The molecule has 0 saturated carbocycles. The SMILES string of the molecule is CC/C=C\C/C=C\C/C=C\C/C=C\C/C=C\C/C=C\C/C=C\C/C=C\CCCCCCCCC(=O)OCC(COC(=O)CCCCCCCCCCCC)OC(=O)CCCCCCC/C=C\CCCC. The van der Waals surface area contributed by atoms with E-state index in [4.69, 9.17) is 14.2 Å². The highest BCUT2D eigenvalue weighted by Gasteiger charge is 2.19. The normalized spacial score (nSPS) is 12.9. The molecular weight excluding hydrogens is 865 g/mol. The molecule has 0 amide bonds. The summed E-state index contributed by atoms with van der Waals surface area (Å²) in [5.74, 6) is -0.913. The largest absolute Gasteiger partial charge is 0.462 e. The Kier molecular flexibility index (Phi) is 54.4. The van der Waals surface area contributed by atoms with E-state index in [1.807, 2.05) is 0 Å². The lowest BCUT2D eigenvalue weighted by atomic mass is 10.1. The summed E-state index contributed by atoms with van der Waals surface area (Å²) in [6, 6.07) is 0. The van der Waals surface area contributed by atoms with Gasteiger partial charge in [0.2, 0.25) is 0 Å². The zero-order valence-corrected chi connectivity index (χ0v) is 45.5. The van der Waals surface area contributed by atoms with Crippen LogP contribution in [0.1, 0.15) is 258 Å². The third kappa shape index (κ3) is 55.0. The number of hydrogen-bond donors (Lipinski definition) is 0. The molecule has 0 aliphatic carbocycles. The molecule has 0 heterocycles. The maximum absolute atomic E-state index is 12.8. The summed E-state index contributed by atoms with van der Waals surface area (Å²) in [5, 5.41) is 0. The van der Waals surface area contributed by atoms with Crippen LogP contribution < -0.4 is 0 Å². The van der Waals surface area contributed by atoms with Crippen LogP contribution in [0.25, 0.3) is 0 Å². The van der Waals surface area contributed by atoms with Crippen molar-refractivity contribution in [3.05, 3.63) is 109 Å². The van der Waals surface area contributed by atoms with Gasteiger partial charge in [0.1, 0.15) is 13.2 Å². The fourth-order valence-corrected chi connectivity index (χ4v) is 7.67. The van der Waals surface area contributed by atoms with Crippen molar-refractivity contribution in [1.29, 1.82) is 0 Å². The predicted octanol–water partition coefficient (Wildman–Crippen LogP) is 19.5. The molecule has 0 bridgehead atoms. The van der Waals surface area contributed by atoms with E-state index < -0.39 is 6.10 Å². The van der Waals surface area contributed by atoms with Crippen molar-refractivity contribution < 1.29 is 28.6 Å². The molecule has 0 aromatic rings. The lowest BCUT2D eigenvalue weighted by Crippen LogP contribution is -2.30. The minimum atomic E-state index is -0.786. The highest BCUT2D eigenvalue weighted by Crippen LogP contribution is 2.14. The van der Waals surface area contributed by atoms with Gasteiger partial charge in [-0.2, -0.15) is 0 Å². The molecule has 6 nitrogen and oxygen atoms in total. The van der Waals surface area contributed by atoms with Gasteiger partial charge >= 0.3 is 17.9 Å². The molecule has 1 unspecified atom stereocenters. The van der Waals surface area contributed by atoms with E-state index in [-0.39, 0.29) is 31.1 Å². The van der Waals surface area contributed by atoms with Crippen molar-refractivity contribution >= 4 is 17.9 Å². The van der Waals surface area contributed by atoms with Crippen molar-refractivity contribution in [1.82, 2.24) is 0 Å². The maximum atomic E-state index is 12.8. The van der Waals surface area contributed by atoms with Gasteiger partial charge in [-0.05, 0) is 103 Å². The van der Waals surface area contributed by atoms with Crippen LogP contribution >= 0.6 is 0 Å². The van der Waals surface area contributed by atoms with E-state index in [9.17, 15) is 14.4 Å². The number of unbranched alkanes of at least 4 members (excludes halogenated alkanes) is 22. The summed E-state index contributed by atoms with van der Waals surface area (Å²) in [4.78, 5) is 38.0. The highest BCUT2D eigenvalue weighted by atomic mass is 16.6. The summed E-state index contributed by atoms with van der Waals surface area (Å²) in [7, 11) is 0. The molecule has 6 heteroatoms. The molecule has 0 aliphatic rings. The Morgan fingerprint density at radius 3 is 0.929 bits per heavy atom. The first-order chi connectivity index (χ1) is 34.5. The molecule has 0 rings (SSSR count). The summed E-state index contributed by atoms with van der Waals surface area (Å²) in [6.07, 6.45) is 78.1.